The number of aliphatic hydroxyl groups is 1. The predicted molar refractivity (Wildman–Crippen MR) is 140 cm³/mol. The van der Waals surface area contributed by atoms with Crippen LogP contribution >= 0.6 is 0 Å². The Balaban J connectivity index is 1.37. The zero-order valence-corrected chi connectivity index (χ0v) is 21.9. The first-order valence-corrected chi connectivity index (χ1v) is 12.7. The smallest absolute Gasteiger partial charge is 0.401 e. The van der Waals surface area contributed by atoms with Crippen LogP contribution in [-0.4, -0.2) is 56.5 Å². The van der Waals surface area contributed by atoms with Gasteiger partial charge in [0.15, 0.2) is 5.69 Å². The number of likely N-dealkylation sites (tertiary alicyclic amines) is 1. The molecule has 11 heteroatoms. The van der Waals surface area contributed by atoms with Crippen molar-refractivity contribution in [2.24, 2.45) is 0 Å². The normalized spacial score (nSPS) is 15.7. The Kier molecular flexibility index (Phi) is 6.98. The van der Waals surface area contributed by atoms with E-state index in [1.54, 1.807) is 30.7 Å². The number of aromatic nitrogens is 3. The van der Waals surface area contributed by atoms with Crippen molar-refractivity contribution in [3.63, 3.8) is 0 Å². The molecule has 0 saturated carbocycles. The third kappa shape index (κ3) is 6.15. The average Bonchev–Trinajstić information content (AvgIpc) is 3.50. The maximum atomic E-state index is 13.1. The maximum absolute atomic E-state index is 13.1. The Labute approximate surface area is 223 Å². The van der Waals surface area contributed by atoms with Gasteiger partial charge in [-0.2, -0.15) is 18.3 Å². The molecule has 3 heterocycles. The number of hydrogen-bond acceptors (Lipinski definition) is 6. The Morgan fingerprint density at radius 2 is 1.92 bits per heavy atom. The molecule has 1 aliphatic heterocycles. The van der Waals surface area contributed by atoms with Crippen molar-refractivity contribution in [2.75, 3.05) is 25.0 Å². The first-order valence-electron chi connectivity index (χ1n) is 12.7. The fourth-order valence-electron chi connectivity index (χ4n) is 4.96. The third-order valence-electron chi connectivity index (χ3n) is 6.90. The van der Waals surface area contributed by atoms with Crippen LogP contribution in [0.1, 0.15) is 54.3 Å². The Bertz CT molecular complexity index is 1490. The summed E-state index contributed by atoms with van der Waals surface area (Å²) in [6, 6.07) is 11.0. The van der Waals surface area contributed by atoms with Gasteiger partial charge in [-0.1, -0.05) is 17.7 Å². The summed E-state index contributed by atoms with van der Waals surface area (Å²) in [6.45, 7) is 4.94. The average molecular weight is 542 g/mol. The number of alkyl halides is 3. The van der Waals surface area contributed by atoms with Gasteiger partial charge in [-0.3, -0.25) is 14.4 Å². The second kappa shape index (κ2) is 10.1. The molecule has 5 rings (SSSR count). The molecule has 2 aromatic heterocycles. The van der Waals surface area contributed by atoms with Crippen LogP contribution in [0.4, 0.5) is 18.9 Å². The van der Waals surface area contributed by atoms with E-state index in [-0.39, 0.29) is 11.7 Å². The quantitative estimate of drug-likeness (QED) is 0.326. The number of carbonyl (C=O) groups excluding carboxylic acids is 1. The molecule has 206 valence electrons. The minimum absolute atomic E-state index is 0.0410. The van der Waals surface area contributed by atoms with Gasteiger partial charge in [-0.15, -0.1) is 0 Å². The molecule has 0 unspecified atom stereocenters. The Morgan fingerprint density at radius 3 is 2.59 bits per heavy atom. The SMILES string of the molecule is Cc1cccc(-c2nc(C(=O)Nc3cc4cn(C5CCN(CC(F)(F)F)CC5)nc4cc3C(C)(C)O)co2)c1. The van der Waals surface area contributed by atoms with Crippen LogP contribution in [-0.2, 0) is 5.60 Å². The van der Waals surface area contributed by atoms with Gasteiger partial charge in [0.1, 0.15) is 6.26 Å². The number of hydrogen-bond donors (Lipinski definition) is 2. The van der Waals surface area contributed by atoms with E-state index < -0.39 is 24.2 Å². The number of nitrogens with zero attached hydrogens (tertiary/aromatic N) is 4. The molecule has 8 nitrogen and oxygen atoms in total. The number of piperidine rings is 1. The van der Waals surface area contributed by atoms with E-state index in [0.29, 0.717) is 48.6 Å². The van der Waals surface area contributed by atoms with Gasteiger partial charge in [-0.25, -0.2) is 4.98 Å². The topological polar surface area (TPSA) is 96.4 Å². The predicted octanol–water partition coefficient (Wildman–Crippen LogP) is 5.68. The number of amides is 1. The first kappa shape index (κ1) is 26.9. The molecule has 0 bridgehead atoms. The van der Waals surface area contributed by atoms with E-state index in [4.69, 9.17) is 4.42 Å². The second-order valence-corrected chi connectivity index (χ2v) is 10.6. The summed E-state index contributed by atoms with van der Waals surface area (Å²) in [5.41, 5.74) is 2.08. The molecular formula is C28H30F3N5O3. The molecule has 39 heavy (non-hydrogen) atoms. The standard InChI is InChI=1S/C28H30F3N5O3/c1-17-5-4-6-18(11-17)26-33-24(15-39-26)25(37)32-23-12-19-14-36(34-22(19)13-21(23)27(2,3)38)20-7-9-35(10-8-20)16-28(29,30)31/h4-6,11-15,20,38H,7-10,16H2,1-3H3,(H,32,37). The Morgan fingerprint density at radius 1 is 1.18 bits per heavy atom. The number of halogens is 3. The Hall–Kier alpha value is -3.70. The summed E-state index contributed by atoms with van der Waals surface area (Å²) in [7, 11) is 0. The molecule has 1 aliphatic rings. The number of nitrogens with one attached hydrogen (secondary N) is 1. The second-order valence-electron chi connectivity index (χ2n) is 10.6. The lowest BCUT2D eigenvalue weighted by molar-refractivity contribution is -0.148. The van der Waals surface area contributed by atoms with E-state index in [1.165, 1.54) is 11.2 Å². The zero-order valence-electron chi connectivity index (χ0n) is 21.9. The van der Waals surface area contributed by atoms with Crippen molar-refractivity contribution in [2.45, 2.75) is 51.4 Å². The molecule has 2 aromatic carbocycles. The van der Waals surface area contributed by atoms with Crippen LogP contribution in [0.2, 0.25) is 0 Å². The lowest BCUT2D eigenvalue weighted by atomic mass is 9.95. The lowest BCUT2D eigenvalue weighted by Gasteiger charge is -2.32. The van der Waals surface area contributed by atoms with Crippen molar-refractivity contribution in [1.29, 1.82) is 0 Å². The summed E-state index contributed by atoms with van der Waals surface area (Å²) in [5, 5.41) is 19.1. The van der Waals surface area contributed by atoms with E-state index in [9.17, 15) is 23.1 Å². The van der Waals surface area contributed by atoms with Crippen molar-refractivity contribution in [1.82, 2.24) is 19.7 Å². The molecule has 4 aromatic rings. The van der Waals surface area contributed by atoms with Crippen molar-refractivity contribution in [3.05, 3.63) is 65.7 Å². The molecule has 0 atom stereocenters. The molecule has 0 spiro atoms. The monoisotopic (exact) mass is 541 g/mol. The van der Waals surface area contributed by atoms with Gasteiger partial charge in [0.05, 0.1) is 23.7 Å². The molecule has 1 fully saturated rings. The largest absolute Gasteiger partial charge is 0.444 e. The summed E-state index contributed by atoms with van der Waals surface area (Å²) in [6.07, 6.45) is -0.00772. The van der Waals surface area contributed by atoms with E-state index in [0.717, 1.165) is 16.5 Å². The van der Waals surface area contributed by atoms with Crippen LogP contribution in [0.25, 0.3) is 22.4 Å². The highest BCUT2D eigenvalue weighted by Gasteiger charge is 2.33. The highest BCUT2D eigenvalue weighted by molar-refractivity contribution is 6.04. The van der Waals surface area contributed by atoms with Crippen molar-refractivity contribution in [3.8, 4) is 11.5 Å². The van der Waals surface area contributed by atoms with Crippen molar-refractivity contribution < 1.29 is 27.5 Å². The number of fused-ring (bicyclic) bond motifs is 1. The fourth-order valence-corrected chi connectivity index (χ4v) is 4.96. The lowest BCUT2D eigenvalue weighted by Crippen LogP contribution is -2.40. The number of rotatable bonds is 6. The highest BCUT2D eigenvalue weighted by atomic mass is 19.4. The van der Waals surface area contributed by atoms with Crippen LogP contribution < -0.4 is 5.32 Å². The number of aryl methyl sites for hydroxylation is 1. The van der Waals surface area contributed by atoms with Gasteiger partial charge in [0.2, 0.25) is 5.89 Å². The van der Waals surface area contributed by atoms with Gasteiger partial charge in [-0.05, 0) is 57.9 Å². The third-order valence-corrected chi connectivity index (χ3v) is 6.90. The first-order chi connectivity index (χ1) is 18.4. The fraction of sp³-hybridized carbons (Fsp3) is 0.393. The summed E-state index contributed by atoms with van der Waals surface area (Å²) in [4.78, 5) is 18.8. The summed E-state index contributed by atoms with van der Waals surface area (Å²) >= 11 is 0. The van der Waals surface area contributed by atoms with E-state index in [1.807, 2.05) is 37.4 Å². The van der Waals surface area contributed by atoms with Crippen LogP contribution in [0.5, 0.6) is 0 Å². The van der Waals surface area contributed by atoms with E-state index >= 15 is 0 Å². The molecular weight excluding hydrogens is 511 g/mol. The highest BCUT2D eigenvalue weighted by Crippen LogP contribution is 2.34. The number of oxazole rings is 1. The van der Waals surface area contributed by atoms with Gasteiger partial charge in [0.25, 0.3) is 5.91 Å². The molecule has 0 aliphatic carbocycles. The van der Waals surface area contributed by atoms with E-state index in [2.05, 4.69) is 15.4 Å². The minimum atomic E-state index is -4.21. The van der Waals surface area contributed by atoms with Crippen LogP contribution in [0.15, 0.2) is 53.3 Å². The van der Waals surface area contributed by atoms with Gasteiger partial charge < -0.3 is 14.8 Å². The van der Waals surface area contributed by atoms with Crippen LogP contribution in [0.3, 0.4) is 0 Å². The molecule has 1 amide bonds. The molecule has 0 radical (unpaired) electrons. The number of anilines is 1. The molecule has 1 saturated heterocycles. The van der Waals surface area contributed by atoms with Gasteiger partial charge >= 0.3 is 6.18 Å². The van der Waals surface area contributed by atoms with Gasteiger partial charge in [0, 0.05) is 41.5 Å². The minimum Gasteiger partial charge on any atom is -0.444 e. The van der Waals surface area contributed by atoms with Crippen LogP contribution in [0, 0.1) is 6.92 Å². The summed E-state index contributed by atoms with van der Waals surface area (Å²) in [5.74, 6) is -0.170. The molecule has 2 N–H and O–H groups in total. The van der Waals surface area contributed by atoms with Crippen molar-refractivity contribution >= 4 is 22.5 Å². The number of benzene rings is 2. The number of carbonyl (C=O) groups is 1. The zero-order chi connectivity index (χ0) is 27.9. The maximum Gasteiger partial charge on any atom is 0.401 e. The summed E-state index contributed by atoms with van der Waals surface area (Å²) < 4.78 is 45.6.